The van der Waals surface area contributed by atoms with Gasteiger partial charge in [0.2, 0.25) is 5.91 Å². The van der Waals surface area contributed by atoms with Gasteiger partial charge in [0.15, 0.2) is 0 Å². The Morgan fingerprint density at radius 3 is 2.58 bits per heavy atom. The van der Waals surface area contributed by atoms with Crippen LogP contribution in [0.1, 0.15) is 66.4 Å². The van der Waals surface area contributed by atoms with E-state index >= 15 is 0 Å². The van der Waals surface area contributed by atoms with Gasteiger partial charge < -0.3 is 20.5 Å². The number of H-pyrrole nitrogens is 1. The van der Waals surface area contributed by atoms with Crippen molar-refractivity contribution < 1.29 is 9.59 Å². The van der Waals surface area contributed by atoms with Crippen molar-refractivity contribution in [3.05, 3.63) is 94.0 Å². The topological polar surface area (TPSA) is 116 Å². The van der Waals surface area contributed by atoms with Crippen LogP contribution in [0.4, 0.5) is 5.82 Å². The SMILES string of the molecule is CC(NC(=O)CC[C@@H](Nc1ncnc2cc(C(=O)N3CCCC3)c(Cl)cc12)c1nc2cc(Cl)ccc2[nH]1)c1ccccc1. The van der Waals surface area contributed by atoms with Gasteiger partial charge in [-0.15, -0.1) is 0 Å². The van der Waals surface area contributed by atoms with Crippen LogP contribution in [0.3, 0.4) is 0 Å². The molecule has 0 aliphatic carbocycles. The van der Waals surface area contributed by atoms with E-state index in [1.165, 1.54) is 6.33 Å². The lowest BCUT2D eigenvalue weighted by atomic mass is 10.1. The Labute approximate surface area is 259 Å². The molecule has 6 rings (SSSR count). The largest absolute Gasteiger partial charge is 0.359 e. The summed E-state index contributed by atoms with van der Waals surface area (Å²) < 4.78 is 0. The van der Waals surface area contributed by atoms with Crippen LogP contribution in [0.5, 0.6) is 0 Å². The molecule has 220 valence electrons. The number of hydrogen-bond acceptors (Lipinski definition) is 6. The van der Waals surface area contributed by atoms with Gasteiger partial charge in [0, 0.05) is 29.9 Å². The summed E-state index contributed by atoms with van der Waals surface area (Å²) >= 11 is 12.9. The molecule has 1 unspecified atom stereocenters. The van der Waals surface area contributed by atoms with Crippen molar-refractivity contribution in [1.29, 1.82) is 0 Å². The van der Waals surface area contributed by atoms with Crippen LogP contribution >= 0.6 is 23.2 Å². The molecule has 1 saturated heterocycles. The second-order valence-electron chi connectivity index (χ2n) is 10.8. The van der Waals surface area contributed by atoms with Crippen molar-refractivity contribution in [3.63, 3.8) is 0 Å². The lowest BCUT2D eigenvalue weighted by Gasteiger charge is -2.20. The molecule has 5 aromatic rings. The quantitative estimate of drug-likeness (QED) is 0.167. The van der Waals surface area contributed by atoms with Crippen LogP contribution in [0.15, 0.2) is 67.0 Å². The molecule has 3 aromatic carbocycles. The summed E-state index contributed by atoms with van der Waals surface area (Å²) in [5.41, 5.74) is 3.60. The molecule has 2 atom stereocenters. The molecule has 1 aliphatic heterocycles. The third-order valence-electron chi connectivity index (χ3n) is 7.79. The van der Waals surface area contributed by atoms with E-state index in [1.54, 1.807) is 24.3 Å². The van der Waals surface area contributed by atoms with E-state index in [0.717, 1.165) is 42.5 Å². The van der Waals surface area contributed by atoms with Gasteiger partial charge in [-0.25, -0.2) is 15.0 Å². The van der Waals surface area contributed by atoms with Gasteiger partial charge in [0.25, 0.3) is 5.91 Å². The third-order valence-corrected chi connectivity index (χ3v) is 8.34. The fraction of sp³-hybridized carbons (Fsp3) is 0.281. The number of halogens is 2. The van der Waals surface area contributed by atoms with Crippen molar-refractivity contribution in [2.45, 2.75) is 44.7 Å². The minimum Gasteiger partial charge on any atom is -0.359 e. The van der Waals surface area contributed by atoms with Gasteiger partial charge in [-0.05, 0) is 62.1 Å². The number of likely N-dealkylation sites (tertiary alicyclic amines) is 1. The maximum atomic E-state index is 13.1. The minimum absolute atomic E-state index is 0.0806. The normalized spacial score (nSPS) is 14.6. The van der Waals surface area contributed by atoms with E-state index < -0.39 is 6.04 Å². The van der Waals surface area contributed by atoms with Crippen molar-refractivity contribution in [2.24, 2.45) is 0 Å². The number of carbonyl (C=O) groups excluding carboxylic acids is 2. The molecule has 9 nitrogen and oxygen atoms in total. The Balaban J connectivity index is 1.27. The summed E-state index contributed by atoms with van der Waals surface area (Å²) in [6.45, 7) is 3.42. The van der Waals surface area contributed by atoms with Crippen LogP contribution in [-0.4, -0.2) is 49.7 Å². The Morgan fingerprint density at radius 2 is 1.79 bits per heavy atom. The second-order valence-corrected chi connectivity index (χ2v) is 11.6. The lowest BCUT2D eigenvalue weighted by Crippen LogP contribution is -2.28. The van der Waals surface area contributed by atoms with Crippen molar-refractivity contribution in [3.8, 4) is 0 Å². The number of aromatic nitrogens is 4. The van der Waals surface area contributed by atoms with Gasteiger partial charge in [-0.2, -0.15) is 0 Å². The minimum atomic E-state index is -0.410. The molecule has 0 saturated carbocycles. The first-order chi connectivity index (χ1) is 20.9. The van der Waals surface area contributed by atoms with Gasteiger partial charge in [-0.3, -0.25) is 9.59 Å². The van der Waals surface area contributed by atoms with Crippen LogP contribution in [0.2, 0.25) is 10.0 Å². The van der Waals surface area contributed by atoms with E-state index in [4.69, 9.17) is 28.2 Å². The average Bonchev–Trinajstić information content (AvgIpc) is 3.70. The number of hydrogen-bond donors (Lipinski definition) is 3. The molecule has 1 aliphatic rings. The number of nitrogens with one attached hydrogen (secondary N) is 3. The van der Waals surface area contributed by atoms with Crippen molar-refractivity contribution in [2.75, 3.05) is 18.4 Å². The molecule has 2 amide bonds. The maximum Gasteiger partial charge on any atom is 0.255 e. The first-order valence-electron chi connectivity index (χ1n) is 14.4. The summed E-state index contributed by atoms with van der Waals surface area (Å²) in [4.78, 5) is 45.0. The number of anilines is 1. The Kier molecular flexibility index (Phi) is 8.44. The first-order valence-corrected chi connectivity index (χ1v) is 15.1. The fourth-order valence-corrected chi connectivity index (χ4v) is 5.88. The number of rotatable bonds is 9. The maximum absolute atomic E-state index is 13.1. The zero-order chi connectivity index (χ0) is 29.9. The highest BCUT2D eigenvalue weighted by Gasteiger charge is 2.24. The highest BCUT2D eigenvalue weighted by molar-refractivity contribution is 6.35. The van der Waals surface area contributed by atoms with E-state index in [9.17, 15) is 9.59 Å². The van der Waals surface area contributed by atoms with Gasteiger partial charge in [0.1, 0.15) is 18.0 Å². The summed E-state index contributed by atoms with van der Waals surface area (Å²) in [7, 11) is 0. The smallest absolute Gasteiger partial charge is 0.255 e. The summed E-state index contributed by atoms with van der Waals surface area (Å²) in [5.74, 6) is 0.989. The van der Waals surface area contributed by atoms with Gasteiger partial charge in [0.05, 0.1) is 39.2 Å². The number of aromatic amines is 1. The molecular formula is C32H31Cl2N7O2. The number of benzene rings is 3. The van der Waals surface area contributed by atoms with Crippen LogP contribution in [0.25, 0.3) is 21.9 Å². The molecule has 1 fully saturated rings. The number of amides is 2. The summed E-state index contributed by atoms with van der Waals surface area (Å²) in [6.07, 6.45) is 4.10. The molecule has 43 heavy (non-hydrogen) atoms. The number of nitrogens with zero attached hydrogens (tertiary/aromatic N) is 4. The van der Waals surface area contributed by atoms with E-state index in [2.05, 4.69) is 25.6 Å². The molecule has 11 heteroatoms. The molecule has 0 spiro atoms. The molecule has 3 heterocycles. The van der Waals surface area contributed by atoms with E-state index in [-0.39, 0.29) is 24.3 Å². The summed E-state index contributed by atoms with van der Waals surface area (Å²) in [6, 6.07) is 18.2. The number of fused-ring (bicyclic) bond motifs is 2. The highest BCUT2D eigenvalue weighted by Crippen LogP contribution is 2.32. The second kappa shape index (κ2) is 12.6. The fourth-order valence-electron chi connectivity index (χ4n) is 5.47. The molecule has 2 aromatic heterocycles. The van der Waals surface area contributed by atoms with Gasteiger partial charge >= 0.3 is 0 Å². The molecule has 3 N–H and O–H groups in total. The van der Waals surface area contributed by atoms with Crippen molar-refractivity contribution in [1.82, 2.24) is 30.2 Å². The molecular weight excluding hydrogens is 585 g/mol. The third kappa shape index (κ3) is 6.43. The Hall–Kier alpha value is -4.21. The lowest BCUT2D eigenvalue weighted by molar-refractivity contribution is -0.121. The summed E-state index contributed by atoms with van der Waals surface area (Å²) in [5, 5.41) is 8.14. The molecule has 0 bridgehead atoms. The van der Waals surface area contributed by atoms with Crippen molar-refractivity contribution >= 4 is 62.8 Å². The standard InChI is InChI=1S/C32H31Cl2N7O2/c1-19(20-7-3-2-4-8-20)37-29(42)12-11-26(31-38-25-10-9-21(33)15-28(25)40-31)39-30-23-16-24(34)22(17-27(23)35-18-36-30)32(43)41-13-5-6-14-41/h2-4,7-10,15-19,26H,5-6,11-14H2,1H3,(H,37,42)(H,38,40)(H,35,36,39)/t19?,26-/m1/s1. The highest BCUT2D eigenvalue weighted by atomic mass is 35.5. The number of imidazole rings is 1. The Morgan fingerprint density at radius 1 is 1.00 bits per heavy atom. The van der Waals surface area contributed by atoms with Crippen LogP contribution in [0, 0.1) is 0 Å². The average molecular weight is 617 g/mol. The van der Waals surface area contributed by atoms with E-state index in [0.29, 0.717) is 44.6 Å². The zero-order valence-electron chi connectivity index (χ0n) is 23.6. The zero-order valence-corrected chi connectivity index (χ0v) is 25.1. The van der Waals surface area contributed by atoms with E-state index in [1.807, 2.05) is 48.2 Å². The van der Waals surface area contributed by atoms with Crippen LogP contribution < -0.4 is 10.6 Å². The van der Waals surface area contributed by atoms with Gasteiger partial charge in [-0.1, -0.05) is 53.5 Å². The number of carbonyl (C=O) groups is 2. The first kappa shape index (κ1) is 28.9. The predicted molar refractivity (Wildman–Crippen MR) is 169 cm³/mol. The predicted octanol–water partition coefficient (Wildman–Crippen LogP) is 6.86. The molecule has 0 radical (unpaired) electrons. The monoisotopic (exact) mass is 615 g/mol. The Bertz CT molecular complexity index is 1790. The van der Waals surface area contributed by atoms with Crippen LogP contribution in [-0.2, 0) is 4.79 Å².